The number of hydrogen-bond donors (Lipinski definition) is 1. The molecule has 0 aliphatic heterocycles. The van der Waals surface area contributed by atoms with Gasteiger partial charge in [-0.1, -0.05) is 0 Å². The average Bonchev–Trinajstić information content (AvgIpc) is 0.811. The Kier molecular flexibility index (Phi) is 1170. The fourth-order valence-corrected chi connectivity index (χ4v) is 0. The molecule has 11 heteroatoms. The third kappa shape index (κ3) is 3880. The van der Waals surface area contributed by atoms with Crippen LogP contribution in [0.2, 0.25) is 0 Å². The normalized spacial score (nSPS) is 2.00. The van der Waals surface area contributed by atoms with Crippen LogP contribution in [-0.2, 0) is 16.5 Å². The van der Waals surface area contributed by atoms with Gasteiger partial charge in [0.25, 0.3) is 0 Å². The van der Waals surface area contributed by atoms with Gasteiger partial charge in [0.1, 0.15) is 0 Å². The second-order valence-corrected chi connectivity index (χ2v) is 0.266. The monoisotopic (exact) mass is 250 g/mol. The van der Waals surface area contributed by atoms with Crippen LogP contribution in [0.5, 0.6) is 0 Å². The summed E-state index contributed by atoms with van der Waals surface area (Å²) in [5.74, 6) is 0. The van der Waals surface area contributed by atoms with E-state index in [1.54, 1.807) is 0 Å². The van der Waals surface area contributed by atoms with Crippen LogP contribution in [0.1, 0.15) is 0 Å². The van der Waals surface area contributed by atoms with E-state index >= 15 is 0 Å². The summed E-state index contributed by atoms with van der Waals surface area (Å²) in [5, 5.41) is 15.3. The molecule has 0 amide bonds. The number of carbonyl (C=O) groups is 1. The second kappa shape index (κ2) is 104. The van der Waals surface area contributed by atoms with E-state index in [1.807, 2.05) is 0 Å². The average molecular weight is 251 g/mol. The van der Waals surface area contributed by atoms with Crippen molar-refractivity contribution in [1.29, 1.82) is 0 Å². The van der Waals surface area contributed by atoms with Crippen molar-refractivity contribution in [2.45, 2.75) is 0 Å². The van der Waals surface area contributed by atoms with Crippen molar-refractivity contribution in [2.24, 2.45) is 0 Å². The van der Waals surface area contributed by atoms with Crippen LogP contribution in [0.3, 0.4) is 0 Å². The smallest absolute Gasteiger partial charge is 1.00 e. The summed E-state index contributed by atoms with van der Waals surface area (Å²) in [5.41, 5.74) is 0. The van der Waals surface area contributed by atoms with E-state index in [2.05, 4.69) is 0 Å². The fraction of sp³-hybridized carbons (Fsp3) is 0. The molecule has 0 radical (unpaired) electrons. The Morgan fingerprint density at radius 1 is 1.08 bits per heavy atom. The van der Waals surface area contributed by atoms with Gasteiger partial charge in [-0.3, -0.25) is 0 Å². The first kappa shape index (κ1) is 135. The summed E-state index contributed by atoms with van der Waals surface area (Å²) >= 11 is 0. The summed E-state index contributed by atoms with van der Waals surface area (Å²) < 4.78 is 0. The fourth-order valence-electron chi connectivity index (χ4n) is 0. The molecule has 8 nitrogen and oxygen atoms in total. The minimum absolute atomic E-state index is 0. The minimum Gasteiger partial charge on any atom is -1.00 e. The predicted molar refractivity (Wildman–Crippen MR) is 24.4 cm³/mol. The molecule has 0 aromatic heterocycles. The quantitative estimate of drug-likeness (QED) is 0.414. The van der Waals surface area contributed by atoms with E-state index in [9.17, 15) is 0 Å². The maximum Gasteiger partial charge on any atom is 2.00 e. The van der Waals surface area contributed by atoms with E-state index < -0.39 is 6.16 Å². The maximum atomic E-state index is 8.44. The molecule has 0 spiro atoms. The molecule has 0 fully saturated rings. The van der Waals surface area contributed by atoms with Crippen LogP contribution in [0.25, 0.3) is 0 Å². The van der Waals surface area contributed by atoms with E-state index in [0.717, 1.165) is 0 Å². The van der Waals surface area contributed by atoms with Gasteiger partial charge in [-0.25, -0.2) is 0 Å². The standard InChI is InChI=1S/CH2O3.FH.Na.Ni.5H2O/c2-1(3)4;;;;;;;;/h(H2,2,3,4);1H;;;5*1H2/q;;+1;+2;;;;;/p-3. The van der Waals surface area contributed by atoms with Crippen LogP contribution >= 0.6 is 0 Å². The number of halogens is 1. The predicted octanol–water partition coefficient (Wildman–Crippen LogP) is -10.6. The maximum absolute atomic E-state index is 8.44. The molecule has 0 aromatic carbocycles. The van der Waals surface area contributed by atoms with Gasteiger partial charge in [-0.05, 0) is 0 Å². The summed E-state index contributed by atoms with van der Waals surface area (Å²) in [6.07, 6.45) is -2.08. The first-order chi connectivity index (χ1) is 1.73. The Bertz CT molecular complexity index is 42.0. The van der Waals surface area contributed by atoms with Gasteiger partial charge in [0, 0.05) is 0 Å². The molecule has 0 aromatic rings. The van der Waals surface area contributed by atoms with Crippen molar-refractivity contribution < 1.29 is 93.1 Å². The van der Waals surface area contributed by atoms with E-state index in [4.69, 9.17) is 15.0 Å². The molecule has 12 heavy (non-hydrogen) atoms. The van der Waals surface area contributed by atoms with Crippen LogP contribution < -0.4 is 39.4 Å². The topological polar surface area (TPSA) is 216 Å². The molecule has 0 unspecified atom stereocenters. The van der Waals surface area contributed by atoms with E-state index in [1.165, 1.54) is 0 Å². The first-order valence-corrected chi connectivity index (χ1v) is 0.632. The molecule has 0 saturated heterocycles. The van der Waals surface area contributed by atoms with Crippen molar-refractivity contribution in [3.63, 3.8) is 0 Å². The molecule has 0 aliphatic carbocycles. The Morgan fingerprint density at radius 2 is 1.08 bits per heavy atom. The van der Waals surface area contributed by atoms with Crippen LogP contribution in [0.4, 0.5) is 4.79 Å². The molecule has 0 saturated carbocycles. The van der Waals surface area contributed by atoms with Gasteiger partial charge in [-0.2, -0.15) is 0 Å². The molecule has 0 bridgehead atoms. The minimum atomic E-state index is -2.08. The van der Waals surface area contributed by atoms with Crippen molar-refractivity contribution in [3.8, 4) is 0 Å². The SMILES string of the molecule is O.O.O.O.O=C([O-])O.[F-].[Na+].[Ni+2].[OH-]. The van der Waals surface area contributed by atoms with Crippen molar-refractivity contribution >= 4 is 6.16 Å². The van der Waals surface area contributed by atoms with E-state index in [0.29, 0.717) is 0 Å². The Morgan fingerprint density at radius 3 is 1.08 bits per heavy atom. The van der Waals surface area contributed by atoms with Gasteiger partial charge in [0.15, 0.2) is 0 Å². The summed E-state index contributed by atoms with van der Waals surface area (Å²) in [6.45, 7) is 0. The molecule has 80 valence electrons. The number of carboxylic acid groups (broad SMARTS) is 2. The molecule has 0 atom stereocenters. The zero-order valence-electron chi connectivity index (χ0n) is 5.91. The van der Waals surface area contributed by atoms with Gasteiger partial charge >= 0.3 is 46.0 Å². The molecule has 0 aliphatic rings. The molecule has 10 N–H and O–H groups in total. The third-order valence-corrected chi connectivity index (χ3v) is 0. The largest absolute Gasteiger partial charge is 2.00 e. The van der Waals surface area contributed by atoms with Crippen LogP contribution in [-0.4, -0.2) is 38.6 Å². The van der Waals surface area contributed by atoms with Gasteiger partial charge in [0.2, 0.25) is 6.16 Å². The molecular weight excluding hydrogens is 241 g/mol. The van der Waals surface area contributed by atoms with Gasteiger partial charge < -0.3 is 47.1 Å². The van der Waals surface area contributed by atoms with E-state index in [-0.39, 0.29) is 78.1 Å². The Labute approximate surface area is 99.1 Å². The first-order valence-electron chi connectivity index (χ1n) is 0.632. The van der Waals surface area contributed by atoms with Crippen molar-refractivity contribution in [3.05, 3.63) is 0 Å². The summed E-state index contributed by atoms with van der Waals surface area (Å²) in [7, 11) is 0. The second-order valence-electron chi connectivity index (χ2n) is 0.266. The summed E-state index contributed by atoms with van der Waals surface area (Å²) in [4.78, 5) is 8.44. The number of hydrogen-bond acceptors (Lipinski definition) is 3. The Hall–Kier alpha value is 0.494. The van der Waals surface area contributed by atoms with Crippen LogP contribution in [0.15, 0.2) is 0 Å². The van der Waals surface area contributed by atoms with Crippen LogP contribution in [0, 0.1) is 0 Å². The van der Waals surface area contributed by atoms with Crippen molar-refractivity contribution in [2.75, 3.05) is 0 Å². The molecular formula is CH10FNaNiO8. The van der Waals surface area contributed by atoms with Crippen molar-refractivity contribution in [1.82, 2.24) is 0 Å². The zero-order chi connectivity index (χ0) is 3.58. The van der Waals surface area contributed by atoms with Gasteiger partial charge in [0.05, 0.1) is 0 Å². The molecule has 0 rings (SSSR count). The number of rotatable bonds is 0. The Balaban J connectivity index is -0.00000000161. The summed E-state index contributed by atoms with van der Waals surface area (Å²) in [6, 6.07) is 0. The zero-order valence-corrected chi connectivity index (χ0v) is 8.89. The van der Waals surface area contributed by atoms with Gasteiger partial charge in [-0.15, -0.1) is 0 Å². The third-order valence-electron chi connectivity index (χ3n) is 0. The molecule has 0 heterocycles.